The maximum absolute atomic E-state index is 12.0. The second-order valence-electron chi connectivity index (χ2n) is 2.59. The van der Waals surface area contributed by atoms with Crippen molar-refractivity contribution in [3.8, 4) is 0 Å². The Hall–Kier alpha value is -0.520. The van der Waals surface area contributed by atoms with Crippen molar-refractivity contribution >= 4 is 43.5 Å². The molecule has 0 saturated carbocycles. The third kappa shape index (κ3) is 5.53. The highest BCUT2D eigenvalue weighted by Gasteiger charge is 1.88. The summed E-state index contributed by atoms with van der Waals surface area (Å²) in [5.74, 6) is -0.459. The zero-order valence-corrected chi connectivity index (χ0v) is 11.8. The van der Waals surface area contributed by atoms with Crippen LogP contribution in [0.1, 0.15) is 0 Å². The summed E-state index contributed by atoms with van der Waals surface area (Å²) in [6, 6.07) is 6.54. The highest BCUT2D eigenvalue weighted by Crippen LogP contribution is 2.11. The van der Waals surface area contributed by atoms with E-state index >= 15 is 0 Å². The fourth-order valence-electron chi connectivity index (χ4n) is 0.758. The van der Waals surface area contributed by atoms with Crippen LogP contribution in [0, 0.1) is 5.95 Å². The van der Waals surface area contributed by atoms with E-state index in [1.165, 1.54) is 12.3 Å². The number of halogens is 4. The molecule has 2 nitrogen and oxygen atoms in total. The topological polar surface area (TPSA) is 25.8 Å². The Balaban J connectivity index is 0.000000160. The van der Waals surface area contributed by atoms with Gasteiger partial charge in [-0.05, 0) is 18.2 Å². The Kier molecular flexibility index (Phi) is 5.87. The molecule has 0 unspecified atom stereocenters. The molecule has 0 atom stereocenters. The fraction of sp³-hybridized carbons (Fsp3) is 0. The van der Waals surface area contributed by atoms with E-state index in [0.29, 0.717) is 9.63 Å². The van der Waals surface area contributed by atoms with Gasteiger partial charge in [0.1, 0.15) is 5.15 Å². The minimum absolute atomic E-state index is 0.459. The SMILES string of the molecule is Clc1cc(Br)ccn1.Fc1cc(Br)ccn1. The fourth-order valence-corrected chi connectivity index (χ4v) is 1.71. The van der Waals surface area contributed by atoms with Crippen LogP contribution in [0.5, 0.6) is 0 Å². The molecule has 0 N–H and O–H groups in total. The van der Waals surface area contributed by atoms with Crippen molar-refractivity contribution in [2.24, 2.45) is 0 Å². The first kappa shape index (κ1) is 13.5. The van der Waals surface area contributed by atoms with E-state index in [-0.39, 0.29) is 0 Å². The highest BCUT2D eigenvalue weighted by atomic mass is 79.9. The van der Waals surface area contributed by atoms with Crippen LogP contribution in [0.25, 0.3) is 0 Å². The van der Waals surface area contributed by atoms with Gasteiger partial charge in [0.2, 0.25) is 5.95 Å². The van der Waals surface area contributed by atoms with Crippen LogP contribution in [0.15, 0.2) is 45.6 Å². The molecule has 2 heterocycles. The molecule has 0 aliphatic heterocycles. The van der Waals surface area contributed by atoms with Crippen LogP contribution in [-0.4, -0.2) is 9.97 Å². The average Bonchev–Trinajstić information content (AvgIpc) is 2.17. The molecule has 0 fully saturated rings. The van der Waals surface area contributed by atoms with Gasteiger partial charge in [0.25, 0.3) is 0 Å². The van der Waals surface area contributed by atoms with Crippen LogP contribution in [0.2, 0.25) is 5.15 Å². The lowest BCUT2D eigenvalue weighted by atomic mass is 10.5. The predicted octanol–water partition coefficient (Wildman–Crippen LogP) is 4.48. The number of nitrogens with zero attached hydrogens (tertiary/aromatic N) is 2. The molecule has 0 aliphatic carbocycles. The van der Waals surface area contributed by atoms with Gasteiger partial charge in [-0.3, -0.25) is 0 Å². The molecule has 0 bridgehead atoms. The van der Waals surface area contributed by atoms with Crippen LogP contribution < -0.4 is 0 Å². The molecule has 0 radical (unpaired) electrons. The first-order chi connectivity index (χ1) is 7.58. The van der Waals surface area contributed by atoms with Gasteiger partial charge < -0.3 is 0 Å². The summed E-state index contributed by atoms with van der Waals surface area (Å²) < 4.78 is 13.7. The molecule has 0 saturated heterocycles. The van der Waals surface area contributed by atoms with Gasteiger partial charge >= 0.3 is 0 Å². The van der Waals surface area contributed by atoms with Crippen LogP contribution >= 0.6 is 43.5 Å². The average molecular weight is 368 g/mol. The molecule has 0 aliphatic rings. The van der Waals surface area contributed by atoms with Gasteiger partial charge in [-0.2, -0.15) is 4.39 Å². The minimum atomic E-state index is -0.459. The van der Waals surface area contributed by atoms with Gasteiger partial charge in [-0.1, -0.05) is 43.5 Å². The Morgan fingerprint density at radius 2 is 1.56 bits per heavy atom. The smallest absolute Gasteiger partial charge is 0.213 e. The normalized spacial score (nSPS) is 9.25. The molecular weight excluding hydrogens is 362 g/mol. The molecule has 0 spiro atoms. The number of rotatable bonds is 0. The Bertz CT molecular complexity index is 390. The summed E-state index contributed by atoms with van der Waals surface area (Å²) in [5, 5.41) is 0.513. The summed E-state index contributed by atoms with van der Waals surface area (Å²) in [6.45, 7) is 0. The summed E-state index contributed by atoms with van der Waals surface area (Å²) in [7, 11) is 0. The van der Waals surface area contributed by atoms with Crippen LogP contribution in [0.3, 0.4) is 0 Å². The van der Waals surface area contributed by atoms with E-state index in [1.54, 1.807) is 18.3 Å². The van der Waals surface area contributed by atoms with Gasteiger partial charge in [-0.25, -0.2) is 9.97 Å². The summed E-state index contributed by atoms with van der Waals surface area (Å²) >= 11 is 11.8. The molecule has 0 aromatic carbocycles. The maximum Gasteiger partial charge on any atom is 0.213 e. The summed E-state index contributed by atoms with van der Waals surface area (Å²) in [4.78, 5) is 7.12. The summed E-state index contributed by atoms with van der Waals surface area (Å²) in [6.07, 6.45) is 3.05. The molecule has 6 heteroatoms. The molecule has 2 rings (SSSR count). The van der Waals surface area contributed by atoms with Gasteiger partial charge in [0.05, 0.1) is 0 Å². The zero-order valence-electron chi connectivity index (χ0n) is 7.87. The van der Waals surface area contributed by atoms with Crippen molar-refractivity contribution in [1.29, 1.82) is 0 Å². The maximum atomic E-state index is 12.0. The van der Waals surface area contributed by atoms with E-state index in [0.717, 1.165) is 4.47 Å². The van der Waals surface area contributed by atoms with Crippen molar-refractivity contribution < 1.29 is 4.39 Å². The number of hydrogen-bond acceptors (Lipinski definition) is 2. The van der Waals surface area contributed by atoms with Gasteiger partial charge in [0, 0.05) is 27.4 Å². The monoisotopic (exact) mass is 366 g/mol. The van der Waals surface area contributed by atoms with Crippen molar-refractivity contribution in [2.75, 3.05) is 0 Å². The van der Waals surface area contributed by atoms with E-state index in [9.17, 15) is 4.39 Å². The zero-order chi connectivity index (χ0) is 12.0. The molecule has 84 valence electrons. The lowest BCUT2D eigenvalue weighted by Gasteiger charge is -1.86. The molecular formula is C10H6Br2ClFN2. The van der Waals surface area contributed by atoms with Gasteiger partial charge in [-0.15, -0.1) is 0 Å². The second kappa shape index (κ2) is 6.93. The number of hydrogen-bond donors (Lipinski definition) is 0. The second-order valence-corrected chi connectivity index (χ2v) is 4.81. The van der Waals surface area contributed by atoms with E-state index in [2.05, 4.69) is 41.8 Å². The predicted molar refractivity (Wildman–Crippen MR) is 68.8 cm³/mol. The van der Waals surface area contributed by atoms with Crippen LogP contribution in [-0.2, 0) is 0 Å². The quantitative estimate of drug-likeness (QED) is 0.641. The van der Waals surface area contributed by atoms with Crippen molar-refractivity contribution in [2.45, 2.75) is 0 Å². The van der Waals surface area contributed by atoms with Gasteiger partial charge in [0.15, 0.2) is 0 Å². The number of aromatic nitrogens is 2. The standard InChI is InChI=1S/C5H3BrClN.C5H3BrFN/c2*6-4-1-2-8-5(7)3-4/h2*1-3H. The van der Waals surface area contributed by atoms with E-state index in [4.69, 9.17) is 11.6 Å². The lowest BCUT2D eigenvalue weighted by Crippen LogP contribution is -1.76. The van der Waals surface area contributed by atoms with E-state index < -0.39 is 5.95 Å². The third-order valence-electron chi connectivity index (χ3n) is 1.38. The van der Waals surface area contributed by atoms with Crippen molar-refractivity contribution in [3.63, 3.8) is 0 Å². The Morgan fingerprint density at radius 1 is 1.00 bits per heavy atom. The molecule has 0 amide bonds. The van der Waals surface area contributed by atoms with Crippen molar-refractivity contribution in [1.82, 2.24) is 9.97 Å². The summed E-state index contributed by atoms with van der Waals surface area (Å²) in [5.41, 5.74) is 0. The lowest BCUT2D eigenvalue weighted by molar-refractivity contribution is 0.583. The Labute approximate surface area is 114 Å². The largest absolute Gasteiger partial charge is 0.245 e. The third-order valence-corrected chi connectivity index (χ3v) is 2.57. The Morgan fingerprint density at radius 3 is 1.88 bits per heavy atom. The minimum Gasteiger partial charge on any atom is -0.245 e. The molecule has 2 aromatic rings. The van der Waals surface area contributed by atoms with E-state index in [1.807, 2.05) is 6.07 Å². The van der Waals surface area contributed by atoms with Crippen molar-refractivity contribution in [3.05, 3.63) is 56.7 Å². The first-order valence-corrected chi connectivity index (χ1v) is 6.08. The highest BCUT2D eigenvalue weighted by molar-refractivity contribution is 9.10. The first-order valence-electron chi connectivity index (χ1n) is 4.12. The molecule has 2 aromatic heterocycles. The van der Waals surface area contributed by atoms with Crippen LogP contribution in [0.4, 0.5) is 4.39 Å². The molecule has 16 heavy (non-hydrogen) atoms. The number of pyridine rings is 2.